The van der Waals surface area contributed by atoms with E-state index >= 15 is 0 Å². The van der Waals surface area contributed by atoms with Gasteiger partial charge >= 0.3 is 0 Å². The second-order valence-electron chi connectivity index (χ2n) is 4.11. The molecule has 0 saturated carbocycles. The van der Waals surface area contributed by atoms with Crippen molar-refractivity contribution in [2.45, 2.75) is 20.3 Å². The largest absolute Gasteiger partial charge is 0.493 e. The molecule has 0 bridgehead atoms. The lowest BCUT2D eigenvalue weighted by Crippen LogP contribution is -2.05. The van der Waals surface area contributed by atoms with E-state index in [0.717, 1.165) is 16.9 Å². The zero-order chi connectivity index (χ0) is 13.0. The van der Waals surface area contributed by atoms with Crippen molar-refractivity contribution in [3.8, 4) is 5.75 Å². The molecule has 1 aromatic carbocycles. The first-order chi connectivity index (χ1) is 8.74. The molecule has 0 radical (unpaired) electrons. The van der Waals surface area contributed by atoms with Gasteiger partial charge < -0.3 is 4.74 Å². The number of carbonyl (C=O) groups is 1. The van der Waals surface area contributed by atoms with Crippen LogP contribution in [0.5, 0.6) is 5.75 Å². The maximum Gasteiger partial charge on any atom is 0.206 e. The zero-order valence-corrected chi connectivity index (χ0v) is 11.4. The highest BCUT2D eigenvalue weighted by atomic mass is 32.1. The third-order valence-corrected chi connectivity index (χ3v) is 3.68. The maximum absolute atomic E-state index is 12.4. The van der Waals surface area contributed by atoms with Gasteiger partial charge in [0.15, 0.2) is 0 Å². The van der Waals surface area contributed by atoms with Crippen molar-refractivity contribution in [2.75, 3.05) is 6.61 Å². The lowest BCUT2D eigenvalue weighted by molar-refractivity contribution is 0.103. The number of thiophene rings is 1. The van der Waals surface area contributed by atoms with E-state index in [1.54, 1.807) is 0 Å². The Hall–Kier alpha value is -1.61. The molecule has 18 heavy (non-hydrogen) atoms. The van der Waals surface area contributed by atoms with E-state index in [-0.39, 0.29) is 5.78 Å². The molecule has 2 nitrogen and oxygen atoms in total. The third-order valence-electron chi connectivity index (χ3n) is 2.66. The molecule has 0 N–H and O–H groups in total. The smallest absolute Gasteiger partial charge is 0.206 e. The van der Waals surface area contributed by atoms with E-state index in [1.165, 1.54) is 11.3 Å². The minimum atomic E-state index is 0.0502. The summed E-state index contributed by atoms with van der Waals surface area (Å²) in [5, 5.41) is 1.94. The molecule has 0 aliphatic rings. The van der Waals surface area contributed by atoms with E-state index in [4.69, 9.17) is 4.74 Å². The molecule has 0 fully saturated rings. The molecule has 0 spiro atoms. The van der Waals surface area contributed by atoms with Crippen LogP contribution in [0.25, 0.3) is 0 Å². The van der Waals surface area contributed by atoms with Gasteiger partial charge in [0, 0.05) is 0 Å². The van der Waals surface area contributed by atoms with Crippen LogP contribution in [0.2, 0.25) is 0 Å². The predicted molar refractivity (Wildman–Crippen MR) is 74.7 cm³/mol. The van der Waals surface area contributed by atoms with Crippen LogP contribution in [0.4, 0.5) is 0 Å². The van der Waals surface area contributed by atoms with Gasteiger partial charge in [0.05, 0.1) is 17.0 Å². The molecule has 0 atom stereocenters. The summed E-state index contributed by atoms with van der Waals surface area (Å²) >= 11 is 1.48. The van der Waals surface area contributed by atoms with Crippen LogP contribution in [0.1, 0.15) is 34.1 Å². The molecule has 2 rings (SSSR count). The minimum absolute atomic E-state index is 0.0502. The molecule has 2 aromatic rings. The van der Waals surface area contributed by atoms with Gasteiger partial charge in [-0.2, -0.15) is 0 Å². The normalized spacial score (nSPS) is 10.3. The Morgan fingerprint density at radius 2 is 2.06 bits per heavy atom. The predicted octanol–water partition coefficient (Wildman–Crippen LogP) is 4.08. The maximum atomic E-state index is 12.4. The van der Waals surface area contributed by atoms with Crippen molar-refractivity contribution < 1.29 is 9.53 Å². The molecule has 3 heteroatoms. The van der Waals surface area contributed by atoms with E-state index in [9.17, 15) is 4.79 Å². The van der Waals surface area contributed by atoms with Gasteiger partial charge in [-0.05, 0) is 42.5 Å². The molecule has 94 valence electrons. The number of carbonyl (C=O) groups excluding carboxylic acids is 1. The molecule has 1 heterocycles. The van der Waals surface area contributed by atoms with Crippen molar-refractivity contribution in [3.05, 3.63) is 51.7 Å². The van der Waals surface area contributed by atoms with Gasteiger partial charge in [-0.25, -0.2) is 0 Å². The lowest BCUT2D eigenvalue weighted by atomic mass is 10.1. The highest BCUT2D eigenvalue weighted by Gasteiger charge is 2.17. The fraction of sp³-hybridized carbons (Fsp3) is 0.267. The molecule has 0 amide bonds. The Balaban J connectivity index is 2.33. The van der Waals surface area contributed by atoms with E-state index in [2.05, 4.69) is 0 Å². The number of para-hydroxylation sites is 1. The van der Waals surface area contributed by atoms with Crippen molar-refractivity contribution in [1.29, 1.82) is 0 Å². The van der Waals surface area contributed by atoms with E-state index in [1.807, 2.05) is 49.6 Å². The fourth-order valence-corrected chi connectivity index (χ4v) is 2.60. The molecular weight excluding hydrogens is 244 g/mol. The topological polar surface area (TPSA) is 26.3 Å². The van der Waals surface area contributed by atoms with E-state index in [0.29, 0.717) is 17.9 Å². The first-order valence-corrected chi connectivity index (χ1v) is 6.92. The van der Waals surface area contributed by atoms with Gasteiger partial charge in [-0.15, -0.1) is 11.3 Å². The fourth-order valence-electron chi connectivity index (χ4n) is 1.72. The Morgan fingerprint density at radius 1 is 1.28 bits per heavy atom. The van der Waals surface area contributed by atoms with Crippen molar-refractivity contribution >= 4 is 17.1 Å². The van der Waals surface area contributed by atoms with Gasteiger partial charge in [-0.1, -0.05) is 19.1 Å². The Bertz CT molecular complexity index is 543. The van der Waals surface area contributed by atoms with Crippen LogP contribution < -0.4 is 4.74 Å². The summed E-state index contributed by atoms with van der Waals surface area (Å²) in [6, 6.07) is 9.41. The van der Waals surface area contributed by atoms with E-state index < -0.39 is 0 Å². The van der Waals surface area contributed by atoms with Crippen LogP contribution in [0.3, 0.4) is 0 Å². The van der Waals surface area contributed by atoms with Crippen molar-refractivity contribution in [3.63, 3.8) is 0 Å². The van der Waals surface area contributed by atoms with Crippen LogP contribution in [0.15, 0.2) is 35.7 Å². The van der Waals surface area contributed by atoms with Crippen molar-refractivity contribution in [2.24, 2.45) is 0 Å². The summed E-state index contributed by atoms with van der Waals surface area (Å²) in [5.74, 6) is 0.728. The number of ether oxygens (including phenoxy) is 1. The average Bonchev–Trinajstić information content (AvgIpc) is 2.82. The summed E-state index contributed by atoms with van der Waals surface area (Å²) in [5.41, 5.74) is 1.67. The monoisotopic (exact) mass is 260 g/mol. The summed E-state index contributed by atoms with van der Waals surface area (Å²) in [7, 11) is 0. The Labute approximate surface area is 111 Å². The van der Waals surface area contributed by atoms with Crippen LogP contribution in [0, 0.1) is 6.92 Å². The second kappa shape index (κ2) is 5.83. The molecule has 1 aromatic heterocycles. The summed E-state index contributed by atoms with van der Waals surface area (Å²) in [6.45, 7) is 4.64. The Morgan fingerprint density at radius 3 is 2.72 bits per heavy atom. The highest BCUT2D eigenvalue weighted by molar-refractivity contribution is 7.12. The number of aryl methyl sites for hydroxylation is 1. The van der Waals surface area contributed by atoms with Gasteiger partial charge in [0.25, 0.3) is 0 Å². The minimum Gasteiger partial charge on any atom is -0.493 e. The zero-order valence-electron chi connectivity index (χ0n) is 10.6. The second-order valence-corrected chi connectivity index (χ2v) is 5.02. The summed E-state index contributed by atoms with van der Waals surface area (Å²) in [4.78, 5) is 13.2. The molecule has 0 unspecified atom stereocenters. The first kappa shape index (κ1) is 12.8. The number of benzene rings is 1. The SMILES string of the molecule is CCCOc1ccccc1C(=O)c1sccc1C. The van der Waals surface area contributed by atoms with Gasteiger partial charge in [0.1, 0.15) is 5.75 Å². The number of hydrogen-bond donors (Lipinski definition) is 0. The number of hydrogen-bond acceptors (Lipinski definition) is 3. The lowest BCUT2D eigenvalue weighted by Gasteiger charge is -2.09. The third kappa shape index (κ3) is 2.62. The van der Waals surface area contributed by atoms with Crippen LogP contribution >= 0.6 is 11.3 Å². The van der Waals surface area contributed by atoms with Gasteiger partial charge in [0.2, 0.25) is 5.78 Å². The summed E-state index contributed by atoms with van der Waals surface area (Å²) < 4.78 is 5.63. The number of ketones is 1. The summed E-state index contributed by atoms with van der Waals surface area (Å²) in [6.07, 6.45) is 0.931. The molecule has 0 aliphatic carbocycles. The van der Waals surface area contributed by atoms with Crippen molar-refractivity contribution in [1.82, 2.24) is 0 Å². The standard InChI is InChI=1S/C15H16O2S/c1-3-9-17-13-7-5-4-6-12(13)14(16)15-11(2)8-10-18-15/h4-8,10H,3,9H2,1-2H3. The molecule has 0 saturated heterocycles. The highest BCUT2D eigenvalue weighted by Crippen LogP contribution is 2.25. The van der Waals surface area contributed by atoms with Crippen LogP contribution in [-0.4, -0.2) is 12.4 Å². The molecular formula is C15H16O2S. The average molecular weight is 260 g/mol. The van der Waals surface area contributed by atoms with Crippen LogP contribution in [-0.2, 0) is 0 Å². The van der Waals surface area contributed by atoms with Gasteiger partial charge in [-0.3, -0.25) is 4.79 Å². The first-order valence-electron chi connectivity index (χ1n) is 6.04. The number of rotatable bonds is 5. The Kier molecular flexibility index (Phi) is 4.15. The molecule has 0 aliphatic heterocycles. The quantitative estimate of drug-likeness (QED) is 0.757.